The largest absolute Gasteiger partial charge is 0.465 e. The van der Waals surface area contributed by atoms with Crippen LogP contribution in [0.4, 0.5) is 0 Å². The Morgan fingerprint density at radius 2 is 2.18 bits per heavy atom. The molecule has 0 saturated carbocycles. The van der Waals surface area contributed by atoms with Gasteiger partial charge in [-0.25, -0.2) is 0 Å². The fourth-order valence-corrected chi connectivity index (χ4v) is 3.18. The Morgan fingerprint density at radius 3 is 2.77 bits per heavy atom. The predicted octanol–water partition coefficient (Wildman–Crippen LogP) is 3.01. The molecule has 114 valence electrons. The number of carbonyl (C=O) groups excluding carboxylic acids is 2. The minimum absolute atomic E-state index is 0.131. The monoisotopic (exact) mass is 297 g/mol. The fourth-order valence-electron chi connectivity index (χ4n) is 3.18. The predicted molar refractivity (Wildman–Crippen MR) is 81.8 cm³/mol. The van der Waals surface area contributed by atoms with Gasteiger partial charge in [-0.1, -0.05) is 42.5 Å². The maximum absolute atomic E-state index is 12.6. The highest BCUT2D eigenvalue weighted by atomic mass is 16.5. The summed E-state index contributed by atoms with van der Waals surface area (Å²) in [6.07, 6.45) is 5.21. The molecule has 22 heavy (non-hydrogen) atoms. The number of benzene rings is 1. The summed E-state index contributed by atoms with van der Waals surface area (Å²) in [5.41, 5.74) is -0.440. The molecule has 0 radical (unpaired) electrons. The van der Waals surface area contributed by atoms with Crippen LogP contribution in [0, 0.1) is 22.7 Å². The summed E-state index contributed by atoms with van der Waals surface area (Å²) >= 11 is 0. The Morgan fingerprint density at radius 1 is 1.45 bits per heavy atom. The van der Waals surface area contributed by atoms with E-state index in [1.54, 1.807) is 13.0 Å². The average Bonchev–Trinajstić information content (AvgIpc) is 2.56. The van der Waals surface area contributed by atoms with Crippen molar-refractivity contribution >= 4 is 12.3 Å². The highest BCUT2D eigenvalue weighted by Crippen LogP contribution is 2.49. The highest BCUT2D eigenvalue weighted by molar-refractivity contribution is 5.83. The summed E-state index contributed by atoms with van der Waals surface area (Å²) in [4.78, 5) is 23.6. The number of hydrogen-bond acceptors (Lipinski definition) is 4. The molecule has 4 heteroatoms. The van der Waals surface area contributed by atoms with E-state index in [4.69, 9.17) is 4.74 Å². The number of ether oxygens (including phenoxy) is 1. The molecule has 0 aromatic heterocycles. The normalized spacial score (nSPS) is 26.9. The maximum atomic E-state index is 12.6. The van der Waals surface area contributed by atoms with E-state index in [0.29, 0.717) is 6.42 Å². The van der Waals surface area contributed by atoms with E-state index in [9.17, 15) is 14.9 Å². The fraction of sp³-hybridized carbons (Fsp3) is 0.389. The second kappa shape index (κ2) is 7.04. The van der Waals surface area contributed by atoms with Crippen molar-refractivity contribution in [3.05, 3.63) is 48.0 Å². The Bertz CT molecular complexity index is 603. The summed E-state index contributed by atoms with van der Waals surface area (Å²) in [5.74, 6) is -1.32. The van der Waals surface area contributed by atoms with Gasteiger partial charge in [0.25, 0.3) is 0 Å². The number of rotatable bonds is 5. The first-order valence-corrected chi connectivity index (χ1v) is 7.44. The van der Waals surface area contributed by atoms with Gasteiger partial charge in [0, 0.05) is 18.3 Å². The van der Waals surface area contributed by atoms with E-state index >= 15 is 0 Å². The number of nitriles is 1. The van der Waals surface area contributed by atoms with Crippen molar-refractivity contribution in [2.24, 2.45) is 11.3 Å². The maximum Gasteiger partial charge on any atom is 0.327 e. The number of nitrogens with zero attached hydrogens (tertiary/aromatic N) is 1. The molecule has 0 bridgehead atoms. The van der Waals surface area contributed by atoms with E-state index in [1.165, 1.54) is 0 Å². The van der Waals surface area contributed by atoms with Gasteiger partial charge in [-0.2, -0.15) is 5.26 Å². The lowest BCUT2D eigenvalue weighted by molar-refractivity contribution is -0.156. The third-order valence-electron chi connectivity index (χ3n) is 4.22. The molecule has 1 aromatic rings. The lowest BCUT2D eigenvalue weighted by atomic mass is 9.60. The molecule has 2 rings (SSSR count). The molecule has 1 aliphatic rings. The molecule has 3 atom stereocenters. The lowest BCUT2D eigenvalue weighted by Gasteiger charge is -2.39. The second-order valence-corrected chi connectivity index (χ2v) is 5.34. The summed E-state index contributed by atoms with van der Waals surface area (Å²) in [6.45, 7) is 1.93. The number of hydrogen-bond donors (Lipinski definition) is 0. The van der Waals surface area contributed by atoms with Crippen molar-refractivity contribution in [2.45, 2.75) is 25.7 Å². The average molecular weight is 297 g/mol. The molecule has 0 unspecified atom stereocenters. The van der Waals surface area contributed by atoms with E-state index in [2.05, 4.69) is 6.07 Å². The SMILES string of the molecule is CCOC(=O)[C@@]1(C#N)[C@@H](CC=O)C=CC[C@@H]1c1ccccc1. The molecule has 0 saturated heterocycles. The van der Waals surface area contributed by atoms with Crippen molar-refractivity contribution in [1.29, 1.82) is 5.26 Å². The highest BCUT2D eigenvalue weighted by Gasteiger charge is 2.54. The second-order valence-electron chi connectivity index (χ2n) is 5.34. The number of esters is 1. The van der Waals surface area contributed by atoms with Gasteiger partial charge >= 0.3 is 5.97 Å². The van der Waals surface area contributed by atoms with Crippen molar-refractivity contribution < 1.29 is 14.3 Å². The van der Waals surface area contributed by atoms with Crippen LogP contribution >= 0.6 is 0 Å². The third-order valence-corrected chi connectivity index (χ3v) is 4.22. The zero-order chi connectivity index (χ0) is 16.0. The topological polar surface area (TPSA) is 67.2 Å². The third kappa shape index (κ3) is 2.67. The Kier molecular flexibility index (Phi) is 5.11. The molecule has 1 aliphatic carbocycles. The Labute approximate surface area is 130 Å². The van der Waals surface area contributed by atoms with Crippen molar-refractivity contribution in [1.82, 2.24) is 0 Å². The van der Waals surface area contributed by atoms with Gasteiger partial charge in [0.1, 0.15) is 6.29 Å². The van der Waals surface area contributed by atoms with Crippen LogP contribution in [0.1, 0.15) is 31.2 Å². The quantitative estimate of drug-likeness (QED) is 0.476. The summed E-state index contributed by atoms with van der Waals surface area (Å²) < 4.78 is 5.19. The molecular weight excluding hydrogens is 278 g/mol. The molecule has 4 nitrogen and oxygen atoms in total. The van der Waals surface area contributed by atoms with E-state index in [-0.39, 0.29) is 18.9 Å². The molecule has 0 amide bonds. The molecule has 0 spiro atoms. The van der Waals surface area contributed by atoms with Crippen molar-refractivity contribution in [3.8, 4) is 6.07 Å². The van der Waals surface area contributed by atoms with Crippen molar-refractivity contribution in [3.63, 3.8) is 0 Å². The van der Waals surface area contributed by atoms with Crippen LogP contribution < -0.4 is 0 Å². The van der Waals surface area contributed by atoms with Crippen molar-refractivity contribution in [2.75, 3.05) is 6.61 Å². The zero-order valence-electron chi connectivity index (χ0n) is 12.6. The molecule has 0 aliphatic heterocycles. The van der Waals surface area contributed by atoms with Gasteiger partial charge in [-0.3, -0.25) is 4.79 Å². The molecule has 1 aromatic carbocycles. The van der Waals surface area contributed by atoms with Gasteiger partial charge in [-0.15, -0.1) is 0 Å². The first kappa shape index (κ1) is 16.0. The molecule has 0 N–H and O–H groups in total. The zero-order valence-corrected chi connectivity index (χ0v) is 12.6. The van der Waals surface area contributed by atoms with Crippen LogP contribution in [0.25, 0.3) is 0 Å². The minimum Gasteiger partial charge on any atom is -0.465 e. The summed E-state index contributed by atoms with van der Waals surface area (Å²) in [7, 11) is 0. The Hall–Kier alpha value is -2.41. The van der Waals surface area contributed by atoms with Crippen LogP contribution in [-0.2, 0) is 14.3 Å². The Balaban J connectivity index is 2.55. The van der Waals surface area contributed by atoms with E-state index < -0.39 is 17.3 Å². The van der Waals surface area contributed by atoms with Gasteiger partial charge in [0.15, 0.2) is 5.41 Å². The number of allylic oxidation sites excluding steroid dienone is 2. The van der Waals surface area contributed by atoms with Crippen LogP contribution in [0.15, 0.2) is 42.5 Å². The van der Waals surface area contributed by atoms with Crippen LogP contribution in [-0.4, -0.2) is 18.9 Å². The molecular formula is C18H19NO3. The summed E-state index contributed by atoms with van der Waals surface area (Å²) in [6, 6.07) is 11.7. The van der Waals surface area contributed by atoms with E-state index in [1.807, 2.05) is 36.4 Å². The van der Waals surface area contributed by atoms with Gasteiger partial charge in [-0.05, 0) is 18.9 Å². The van der Waals surface area contributed by atoms with E-state index in [0.717, 1.165) is 11.8 Å². The van der Waals surface area contributed by atoms with Crippen LogP contribution in [0.5, 0.6) is 0 Å². The molecule has 0 fully saturated rings. The van der Waals surface area contributed by atoms with Gasteiger partial charge in [0.05, 0.1) is 12.7 Å². The smallest absolute Gasteiger partial charge is 0.327 e. The first-order chi connectivity index (χ1) is 10.7. The molecule has 0 heterocycles. The first-order valence-electron chi connectivity index (χ1n) is 7.44. The number of carbonyl (C=O) groups is 2. The van der Waals surface area contributed by atoms with Gasteiger partial charge in [0.2, 0.25) is 0 Å². The van der Waals surface area contributed by atoms with Crippen LogP contribution in [0.2, 0.25) is 0 Å². The standard InChI is InChI=1S/C18H19NO3/c1-2-22-17(21)18(13-19)15(11-12-20)9-6-10-16(18)14-7-4-3-5-8-14/h3-9,12,15-16H,2,10-11H2,1H3/t15-,16-,18+/m1/s1. The summed E-state index contributed by atoms with van der Waals surface area (Å²) in [5, 5.41) is 9.87. The number of aldehydes is 1. The van der Waals surface area contributed by atoms with Crippen LogP contribution in [0.3, 0.4) is 0 Å². The lowest BCUT2D eigenvalue weighted by Crippen LogP contribution is -2.45. The van der Waals surface area contributed by atoms with Gasteiger partial charge < -0.3 is 9.53 Å². The minimum atomic E-state index is -1.35.